The molecule has 1 aliphatic heterocycles. The quantitative estimate of drug-likeness (QED) is 0.813. The van der Waals surface area contributed by atoms with Gasteiger partial charge in [0.2, 0.25) is 0 Å². The minimum Gasteiger partial charge on any atom is -0.458 e. The highest BCUT2D eigenvalue weighted by Crippen LogP contribution is 2.28. The first-order valence-corrected chi connectivity index (χ1v) is 8.34. The van der Waals surface area contributed by atoms with Crippen LogP contribution in [0.25, 0.3) is 0 Å². The number of halogens is 3. The first-order chi connectivity index (χ1) is 12.7. The van der Waals surface area contributed by atoms with Crippen molar-refractivity contribution in [2.75, 3.05) is 13.1 Å². The van der Waals surface area contributed by atoms with Crippen molar-refractivity contribution in [3.05, 3.63) is 47.3 Å². The third kappa shape index (κ3) is 4.87. The minimum atomic E-state index is -4.87. The zero-order valence-corrected chi connectivity index (χ0v) is 14.8. The van der Waals surface area contributed by atoms with E-state index < -0.39 is 18.0 Å². The molecule has 6 nitrogen and oxygen atoms in total. The molecule has 3 rings (SSSR count). The van der Waals surface area contributed by atoms with Gasteiger partial charge < -0.3 is 14.4 Å². The summed E-state index contributed by atoms with van der Waals surface area (Å²) in [5.41, 5.74) is 1.39. The zero-order chi connectivity index (χ0) is 19.6. The van der Waals surface area contributed by atoms with E-state index in [1.165, 1.54) is 23.1 Å². The number of ether oxygens (including phenoxy) is 2. The number of aromatic nitrogens is 2. The standard InChI is InChI=1S/C18H18F3N3O3/c1-11-9-12(2)23-17(22-11)26-13-7-8-24(10-13)16(25)14-5-3-4-6-15(14)27-18(19,20)21/h3-6,9,13H,7-8,10H2,1-2H3/t13-/m1/s1. The van der Waals surface area contributed by atoms with Crippen molar-refractivity contribution in [3.63, 3.8) is 0 Å². The Hall–Kier alpha value is -2.84. The Balaban J connectivity index is 1.69. The zero-order valence-electron chi connectivity index (χ0n) is 14.8. The lowest BCUT2D eigenvalue weighted by Crippen LogP contribution is -2.32. The molecule has 1 amide bonds. The molecule has 9 heteroatoms. The second-order valence-corrected chi connectivity index (χ2v) is 6.26. The molecule has 1 aliphatic rings. The van der Waals surface area contributed by atoms with Crippen molar-refractivity contribution in [2.24, 2.45) is 0 Å². The molecule has 1 atom stereocenters. The van der Waals surface area contributed by atoms with Crippen LogP contribution < -0.4 is 9.47 Å². The minimum absolute atomic E-state index is 0.141. The summed E-state index contributed by atoms with van der Waals surface area (Å²) in [6.07, 6.45) is -4.66. The van der Waals surface area contributed by atoms with Crippen molar-refractivity contribution in [1.29, 1.82) is 0 Å². The van der Waals surface area contributed by atoms with Crippen molar-refractivity contribution in [3.8, 4) is 11.8 Å². The van der Waals surface area contributed by atoms with E-state index in [2.05, 4.69) is 14.7 Å². The first kappa shape index (κ1) is 18.9. The number of carbonyl (C=O) groups is 1. The molecule has 27 heavy (non-hydrogen) atoms. The second-order valence-electron chi connectivity index (χ2n) is 6.26. The summed E-state index contributed by atoms with van der Waals surface area (Å²) >= 11 is 0. The largest absolute Gasteiger partial charge is 0.573 e. The number of nitrogens with zero attached hydrogens (tertiary/aromatic N) is 3. The van der Waals surface area contributed by atoms with Gasteiger partial charge in [-0.05, 0) is 32.0 Å². The smallest absolute Gasteiger partial charge is 0.458 e. The monoisotopic (exact) mass is 381 g/mol. The van der Waals surface area contributed by atoms with Gasteiger partial charge in [-0.15, -0.1) is 13.2 Å². The van der Waals surface area contributed by atoms with Gasteiger partial charge in [0, 0.05) is 24.4 Å². The summed E-state index contributed by atoms with van der Waals surface area (Å²) in [6, 6.07) is 7.34. The number of aryl methyl sites for hydroxylation is 2. The number of amides is 1. The van der Waals surface area contributed by atoms with Gasteiger partial charge in [-0.2, -0.15) is 0 Å². The summed E-state index contributed by atoms with van der Waals surface area (Å²) in [5, 5.41) is 0. The fourth-order valence-corrected chi connectivity index (χ4v) is 2.93. The molecule has 1 fully saturated rings. The summed E-state index contributed by atoms with van der Waals surface area (Å²) in [5.74, 6) is -1.06. The van der Waals surface area contributed by atoms with Crippen LogP contribution >= 0.6 is 0 Å². The Bertz CT molecular complexity index is 822. The highest BCUT2D eigenvalue weighted by atomic mass is 19.4. The second kappa shape index (κ2) is 7.42. The topological polar surface area (TPSA) is 64.5 Å². The van der Waals surface area contributed by atoms with E-state index in [9.17, 15) is 18.0 Å². The Labute approximate surface area is 153 Å². The summed E-state index contributed by atoms with van der Waals surface area (Å²) in [7, 11) is 0. The molecular formula is C18H18F3N3O3. The number of para-hydroxylation sites is 1. The Morgan fingerprint density at radius 3 is 2.52 bits per heavy atom. The maximum absolute atomic E-state index is 12.7. The van der Waals surface area contributed by atoms with Crippen LogP contribution in [-0.4, -0.2) is 46.3 Å². The van der Waals surface area contributed by atoms with Crippen molar-refractivity contribution >= 4 is 5.91 Å². The average molecular weight is 381 g/mol. The molecule has 0 aliphatic carbocycles. The van der Waals surface area contributed by atoms with Gasteiger partial charge in [-0.25, -0.2) is 9.97 Å². The molecule has 1 aromatic heterocycles. The molecular weight excluding hydrogens is 363 g/mol. The van der Waals surface area contributed by atoms with Gasteiger partial charge in [0.15, 0.2) is 0 Å². The van der Waals surface area contributed by atoms with E-state index in [4.69, 9.17) is 4.74 Å². The van der Waals surface area contributed by atoms with Crippen LogP contribution in [0.4, 0.5) is 13.2 Å². The van der Waals surface area contributed by atoms with Gasteiger partial charge in [-0.3, -0.25) is 4.79 Å². The number of rotatable bonds is 4. The number of hydrogen-bond acceptors (Lipinski definition) is 5. The third-order valence-electron chi connectivity index (χ3n) is 4.01. The van der Waals surface area contributed by atoms with E-state index >= 15 is 0 Å². The first-order valence-electron chi connectivity index (χ1n) is 8.34. The van der Waals surface area contributed by atoms with Crippen molar-refractivity contribution in [2.45, 2.75) is 32.7 Å². The Morgan fingerprint density at radius 2 is 1.85 bits per heavy atom. The van der Waals surface area contributed by atoms with E-state index in [0.717, 1.165) is 17.5 Å². The molecule has 0 bridgehead atoms. The number of benzene rings is 1. The summed E-state index contributed by atoms with van der Waals surface area (Å²) < 4.78 is 47.4. The number of alkyl halides is 3. The van der Waals surface area contributed by atoms with E-state index in [0.29, 0.717) is 13.0 Å². The van der Waals surface area contributed by atoms with Gasteiger partial charge in [0.1, 0.15) is 11.9 Å². The van der Waals surface area contributed by atoms with Crippen LogP contribution in [0.1, 0.15) is 28.2 Å². The third-order valence-corrected chi connectivity index (χ3v) is 4.01. The van der Waals surface area contributed by atoms with E-state index in [1.807, 2.05) is 19.9 Å². The predicted octanol–water partition coefficient (Wildman–Crippen LogP) is 3.29. The molecule has 0 spiro atoms. The summed E-state index contributed by atoms with van der Waals surface area (Å²) in [4.78, 5) is 22.5. The van der Waals surface area contributed by atoms with Crippen LogP contribution in [-0.2, 0) is 0 Å². The normalized spacial score (nSPS) is 17.1. The van der Waals surface area contributed by atoms with Crippen LogP contribution in [0.5, 0.6) is 11.8 Å². The highest BCUT2D eigenvalue weighted by molar-refractivity contribution is 5.97. The molecule has 1 saturated heterocycles. The number of carbonyl (C=O) groups excluding carboxylic acids is 1. The molecule has 0 unspecified atom stereocenters. The number of hydrogen-bond donors (Lipinski definition) is 0. The van der Waals surface area contributed by atoms with Gasteiger partial charge in [-0.1, -0.05) is 12.1 Å². The molecule has 2 heterocycles. The molecule has 0 saturated carbocycles. The van der Waals surface area contributed by atoms with Crippen LogP contribution in [0.15, 0.2) is 30.3 Å². The highest BCUT2D eigenvalue weighted by Gasteiger charge is 2.35. The predicted molar refractivity (Wildman–Crippen MR) is 89.6 cm³/mol. The van der Waals surface area contributed by atoms with Crippen LogP contribution in [0, 0.1) is 13.8 Å². The molecule has 2 aromatic rings. The Kier molecular flexibility index (Phi) is 5.20. The molecule has 144 valence electrons. The average Bonchev–Trinajstić information content (AvgIpc) is 3.00. The SMILES string of the molecule is Cc1cc(C)nc(O[C@@H]2CCN(C(=O)c3ccccc3OC(F)(F)F)C2)n1. The summed E-state index contributed by atoms with van der Waals surface area (Å²) in [6.45, 7) is 4.23. The van der Waals surface area contributed by atoms with Crippen molar-refractivity contribution < 1.29 is 27.4 Å². The van der Waals surface area contributed by atoms with Crippen molar-refractivity contribution in [1.82, 2.24) is 14.9 Å². The molecule has 0 N–H and O–H groups in total. The maximum Gasteiger partial charge on any atom is 0.573 e. The molecule has 1 aromatic carbocycles. The number of likely N-dealkylation sites (tertiary alicyclic amines) is 1. The van der Waals surface area contributed by atoms with E-state index in [-0.39, 0.29) is 24.2 Å². The Morgan fingerprint density at radius 1 is 1.19 bits per heavy atom. The fourth-order valence-electron chi connectivity index (χ4n) is 2.93. The lowest BCUT2D eigenvalue weighted by molar-refractivity contribution is -0.274. The van der Waals surface area contributed by atoms with Crippen LogP contribution in [0.3, 0.4) is 0 Å². The van der Waals surface area contributed by atoms with Crippen LogP contribution in [0.2, 0.25) is 0 Å². The molecule has 0 radical (unpaired) electrons. The van der Waals surface area contributed by atoms with E-state index in [1.54, 1.807) is 0 Å². The van der Waals surface area contributed by atoms with Gasteiger partial charge in [0.05, 0.1) is 12.1 Å². The van der Waals surface area contributed by atoms with Gasteiger partial charge >= 0.3 is 12.4 Å². The lowest BCUT2D eigenvalue weighted by atomic mass is 10.2. The maximum atomic E-state index is 12.7. The fraction of sp³-hybridized carbons (Fsp3) is 0.389. The van der Waals surface area contributed by atoms with Gasteiger partial charge in [0.25, 0.3) is 5.91 Å². The lowest BCUT2D eigenvalue weighted by Gasteiger charge is -2.19.